The third kappa shape index (κ3) is 2.56. The average Bonchev–Trinajstić information content (AvgIpc) is 2.58. The Morgan fingerprint density at radius 2 is 1.79 bits per heavy atom. The first-order chi connectivity index (χ1) is 11.5. The Morgan fingerprint density at radius 3 is 2.54 bits per heavy atom. The Hall–Kier alpha value is -1.40. The molecule has 0 fully saturated rings. The second-order valence-electron chi connectivity index (χ2n) is 6.49. The van der Waals surface area contributed by atoms with E-state index in [1.807, 2.05) is 6.07 Å². The maximum atomic E-state index is 13.0. The van der Waals surface area contributed by atoms with E-state index in [-0.39, 0.29) is 6.04 Å². The Morgan fingerprint density at radius 1 is 1.08 bits per heavy atom. The molecule has 4 rings (SSSR count). The number of rotatable bonds is 2. The summed E-state index contributed by atoms with van der Waals surface area (Å²) >= 11 is 5.89. The molecule has 0 aliphatic carbocycles. The third-order valence-corrected chi connectivity index (χ3v) is 7.14. The van der Waals surface area contributed by atoms with Crippen molar-refractivity contribution in [3.8, 4) is 0 Å². The first-order valence-corrected chi connectivity index (χ1v) is 9.85. The summed E-state index contributed by atoms with van der Waals surface area (Å²) in [6.45, 7) is 1.87. The van der Waals surface area contributed by atoms with E-state index in [2.05, 4.69) is 24.1 Å². The summed E-state index contributed by atoms with van der Waals surface area (Å²) < 4.78 is 27.7. The number of benzene rings is 2. The van der Waals surface area contributed by atoms with Gasteiger partial charge in [-0.05, 0) is 54.4 Å². The lowest BCUT2D eigenvalue weighted by atomic mass is 9.86. The van der Waals surface area contributed by atoms with E-state index in [1.54, 1.807) is 28.6 Å². The van der Waals surface area contributed by atoms with E-state index < -0.39 is 10.0 Å². The predicted octanol–water partition coefficient (Wildman–Crippen LogP) is 3.07. The van der Waals surface area contributed by atoms with Crippen LogP contribution in [0.25, 0.3) is 0 Å². The standard InChI is InChI=1S/C18H19ClN2O2S/c1-20-10-9-13-3-2-4-14-11-21(12-17(20)18(13)14)24(22,23)16-7-5-15(19)6-8-16/h2-8,17H,9-12H2,1H3. The van der Waals surface area contributed by atoms with Gasteiger partial charge in [-0.1, -0.05) is 29.8 Å². The van der Waals surface area contributed by atoms with Crippen molar-refractivity contribution in [3.63, 3.8) is 0 Å². The fraction of sp³-hybridized carbons (Fsp3) is 0.333. The van der Waals surface area contributed by atoms with Crippen molar-refractivity contribution in [2.75, 3.05) is 20.1 Å². The van der Waals surface area contributed by atoms with E-state index in [0.29, 0.717) is 23.0 Å². The number of halogens is 1. The summed E-state index contributed by atoms with van der Waals surface area (Å²) in [4.78, 5) is 2.56. The summed E-state index contributed by atoms with van der Waals surface area (Å²) in [5.74, 6) is 0. The quantitative estimate of drug-likeness (QED) is 0.824. The molecule has 0 spiro atoms. The van der Waals surface area contributed by atoms with Crippen LogP contribution in [-0.2, 0) is 23.0 Å². The van der Waals surface area contributed by atoms with Crippen molar-refractivity contribution in [1.29, 1.82) is 0 Å². The first kappa shape index (κ1) is 16.1. The molecule has 6 heteroatoms. The van der Waals surface area contributed by atoms with Gasteiger partial charge in [0.1, 0.15) is 0 Å². The monoisotopic (exact) mass is 362 g/mol. The van der Waals surface area contributed by atoms with E-state index in [1.165, 1.54) is 11.1 Å². The molecule has 0 N–H and O–H groups in total. The lowest BCUT2D eigenvalue weighted by molar-refractivity contribution is 0.178. The molecule has 1 atom stereocenters. The summed E-state index contributed by atoms with van der Waals surface area (Å²) in [6.07, 6.45) is 1.03. The molecule has 2 aliphatic heterocycles. The molecule has 4 nitrogen and oxygen atoms in total. The molecular weight excluding hydrogens is 344 g/mol. The molecular formula is C18H19ClN2O2S. The smallest absolute Gasteiger partial charge is 0.243 e. The maximum absolute atomic E-state index is 13.0. The van der Waals surface area contributed by atoms with Gasteiger partial charge in [0.15, 0.2) is 0 Å². The second-order valence-corrected chi connectivity index (χ2v) is 8.86. The van der Waals surface area contributed by atoms with Crippen molar-refractivity contribution in [1.82, 2.24) is 9.21 Å². The molecule has 2 aromatic rings. The minimum absolute atomic E-state index is 0.126. The Labute approximate surface area is 147 Å². The van der Waals surface area contributed by atoms with Crippen LogP contribution in [0.15, 0.2) is 47.4 Å². The van der Waals surface area contributed by atoms with Gasteiger partial charge in [0.2, 0.25) is 10.0 Å². The van der Waals surface area contributed by atoms with E-state index in [0.717, 1.165) is 18.5 Å². The number of nitrogens with zero attached hydrogens (tertiary/aromatic N) is 2. The molecule has 0 bridgehead atoms. The molecule has 2 aromatic carbocycles. The van der Waals surface area contributed by atoms with Crippen molar-refractivity contribution in [3.05, 3.63) is 64.2 Å². The molecule has 0 amide bonds. The largest absolute Gasteiger partial charge is 0.298 e. The zero-order chi connectivity index (χ0) is 16.9. The SMILES string of the molecule is CN1CCc2cccc3c2C1CN(S(=O)(=O)c1ccc(Cl)cc1)C3. The number of hydrogen-bond acceptors (Lipinski definition) is 3. The highest BCUT2D eigenvalue weighted by atomic mass is 35.5. The van der Waals surface area contributed by atoms with Crippen LogP contribution in [-0.4, -0.2) is 37.8 Å². The molecule has 2 heterocycles. The molecule has 1 unspecified atom stereocenters. The van der Waals surface area contributed by atoms with Gasteiger partial charge < -0.3 is 0 Å². The topological polar surface area (TPSA) is 40.6 Å². The normalized spacial score (nSPS) is 21.5. The fourth-order valence-electron chi connectivity index (χ4n) is 3.74. The van der Waals surface area contributed by atoms with Gasteiger partial charge in [0.25, 0.3) is 0 Å². The Bertz CT molecular complexity index is 880. The molecule has 0 radical (unpaired) electrons. The average molecular weight is 363 g/mol. The third-order valence-electron chi connectivity index (χ3n) is 5.06. The Kier molecular flexibility index (Phi) is 3.92. The van der Waals surface area contributed by atoms with E-state index in [9.17, 15) is 8.42 Å². The van der Waals surface area contributed by atoms with Crippen LogP contribution in [0.4, 0.5) is 0 Å². The molecule has 24 heavy (non-hydrogen) atoms. The highest BCUT2D eigenvalue weighted by Crippen LogP contribution is 2.38. The van der Waals surface area contributed by atoms with Crippen LogP contribution >= 0.6 is 11.6 Å². The van der Waals surface area contributed by atoms with Gasteiger partial charge in [-0.2, -0.15) is 4.31 Å². The van der Waals surface area contributed by atoms with Crippen molar-refractivity contribution in [2.24, 2.45) is 0 Å². The van der Waals surface area contributed by atoms with Gasteiger partial charge in [-0.25, -0.2) is 8.42 Å². The highest BCUT2D eigenvalue weighted by Gasteiger charge is 2.37. The second kappa shape index (κ2) is 5.85. The fourth-order valence-corrected chi connectivity index (χ4v) is 5.29. The van der Waals surface area contributed by atoms with Gasteiger partial charge in [0, 0.05) is 30.7 Å². The number of sulfonamides is 1. The minimum Gasteiger partial charge on any atom is -0.298 e. The maximum Gasteiger partial charge on any atom is 0.243 e. The van der Waals surface area contributed by atoms with Crippen molar-refractivity contribution in [2.45, 2.75) is 23.9 Å². The lowest BCUT2D eigenvalue weighted by Gasteiger charge is -2.42. The summed E-state index contributed by atoms with van der Waals surface area (Å²) in [7, 11) is -1.46. The summed E-state index contributed by atoms with van der Waals surface area (Å²) in [6, 6.07) is 12.8. The van der Waals surface area contributed by atoms with Crippen LogP contribution < -0.4 is 0 Å². The van der Waals surface area contributed by atoms with Crippen LogP contribution in [0.1, 0.15) is 22.7 Å². The van der Waals surface area contributed by atoms with Gasteiger partial charge in [0.05, 0.1) is 4.90 Å². The Balaban J connectivity index is 1.75. The van der Waals surface area contributed by atoms with Crippen LogP contribution in [0.5, 0.6) is 0 Å². The number of likely N-dealkylation sites (N-methyl/N-ethyl adjacent to an activating group) is 1. The van der Waals surface area contributed by atoms with Crippen LogP contribution in [0, 0.1) is 0 Å². The zero-order valence-electron chi connectivity index (χ0n) is 13.4. The molecule has 126 valence electrons. The lowest BCUT2D eigenvalue weighted by Crippen LogP contribution is -2.46. The minimum atomic E-state index is -3.53. The van der Waals surface area contributed by atoms with Gasteiger partial charge >= 0.3 is 0 Å². The van der Waals surface area contributed by atoms with Crippen LogP contribution in [0.3, 0.4) is 0 Å². The molecule has 0 aromatic heterocycles. The van der Waals surface area contributed by atoms with Crippen LogP contribution in [0.2, 0.25) is 5.02 Å². The zero-order valence-corrected chi connectivity index (χ0v) is 15.0. The molecule has 0 saturated heterocycles. The van der Waals surface area contributed by atoms with Gasteiger partial charge in [-0.3, -0.25) is 4.90 Å². The van der Waals surface area contributed by atoms with E-state index >= 15 is 0 Å². The summed E-state index contributed by atoms with van der Waals surface area (Å²) in [5.41, 5.74) is 3.81. The van der Waals surface area contributed by atoms with Gasteiger partial charge in [-0.15, -0.1) is 0 Å². The molecule has 2 aliphatic rings. The van der Waals surface area contributed by atoms with E-state index in [4.69, 9.17) is 11.6 Å². The first-order valence-electron chi connectivity index (χ1n) is 8.03. The number of hydrogen-bond donors (Lipinski definition) is 0. The molecule has 0 saturated carbocycles. The van der Waals surface area contributed by atoms with Crippen molar-refractivity contribution < 1.29 is 8.42 Å². The summed E-state index contributed by atoms with van der Waals surface area (Å²) in [5, 5.41) is 0.537. The van der Waals surface area contributed by atoms with Crippen molar-refractivity contribution >= 4 is 21.6 Å². The highest BCUT2D eigenvalue weighted by molar-refractivity contribution is 7.89. The predicted molar refractivity (Wildman–Crippen MR) is 94.6 cm³/mol.